The highest BCUT2D eigenvalue weighted by atomic mass is 32.2. The quantitative estimate of drug-likeness (QED) is 0.677. The van der Waals surface area contributed by atoms with Crippen molar-refractivity contribution in [1.82, 2.24) is 19.5 Å². The Hall–Kier alpha value is -2.72. The molecule has 148 valence electrons. The third-order valence-corrected chi connectivity index (χ3v) is 5.52. The van der Waals surface area contributed by atoms with E-state index in [0.717, 1.165) is 41.2 Å². The zero-order valence-corrected chi connectivity index (χ0v) is 15.6. The Kier molecular flexibility index (Phi) is 5.52. The molecular weight excluding hydrogens is 393 g/mol. The van der Waals surface area contributed by atoms with Gasteiger partial charge in [0.25, 0.3) is 0 Å². The van der Waals surface area contributed by atoms with E-state index < -0.39 is 21.8 Å². The van der Waals surface area contributed by atoms with E-state index in [-0.39, 0.29) is 18.0 Å². The third-order valence-electron chi connectivity index (χ3n) is 4.05. The first-order chi connectivity index (χ1) is 13.2. The SMILES string of the molecule is Cc1cc(-c2cccnc2)nn1CCNS(=O)(=O)c1ccc(C(F)(F)F)cc1. The van der Waals surface area contributed by atoms with E-state index in [1.54, 1.807) is 23.1 Å². The van der Waals surface area contributed by atoms with Crippen LogP contribution in [-0.2, 0) is 22.7 Å². The normalized spacial score (nSPS) is 12.3. The number of pyridine rings is 1. The van der Waals surface area contributed by atoms with Crippen LogP contribution >= 0.6 is 0 Å². The Morgan fingerprint density at radius 3 is 2.46 bits per heavy atom. The Morgan fingerprint density at radius 1 is 1.14 bits per heavy atom. The van der Waals surface area contributed by atoms with Gasteiger partial charge in [-0.25, -0.2) is 13.1 Å². The van der Waals surface area contributed by atoms with Crippen LogP contribution in [-0.4, -0.2) is 29.7 Å². The summed E-state index contributed by atoms with van der Waals surface area (Å²) in [7, 11) is -3.92. The average molecular weight is 410 g/mol. The second-order valence-electron chi connectivity index (χ2n) is 6.06. The molecule has 0 atom stereocenters. The second-order valence-corrected chi connectivity index (χ2v) is 7.82. The molecule has 3 aromatic rings. The van der Waals surface area contributed by atoms with Gasteiger partial charge in [0, 0.05) is 30.2 Å². The first kappa shape index (κ1) is 20.0. The van der Waals surface area contributed by atoms with Gasteiger partial charge in [-0.2, -0.15) is 18.3 Å². The summed E-state index contributed by atoms with van der Waals surface area (Å²) in [5.41, 5.74) is 1.50. The van der Waals surface area contributed by atoms with E-state index in [4.69, 9.17) is 0 Å². The molecule has 2 heterocycles. The van der Waals surface area contributed by atoms with Crippen LogP contribution in [0.15, 0.2) is 59.8 Å². The number of alkyl halides is 3. The average Bonchev–Trinajstić information content (AvgIpc) is 3.02. The predicted octanol–water partition coefficient (Wildman–Crippen LogP) is 3.25. The molecule has 0 fully saturated rings. The minimum atomic E-state index is -4.51. The van der Waals surface area contributed by atoms with Crippen LogP contribution in [0.3, 0.4) is 0 Å². The van der Waals surface area contributed by atoms with Gasteiger partial charge >= 0.3 is 6.18 Å². The molecule has 2 aromatic heterocycles. The first-order valence-corrected chi connectivity index (χ1v) is 9.77. The number of hydrogen-bond acceptors (Lipinski definition) is 4. The molecule has 0 saturated carbocycles. The van der Waals surface area contributed by atoms with Gasteiger partial charge in [0.15, 0.2) is 0 Å². The van der Waals surface area contributed by atoms with Crippen LogP contribution in [0.5, 0.6) is 0 Å². The zero-order valence-electron chi connectivity index (χ0n) is 14.8. The van der Waals surface area contributed by atoms with Gasteiger partial charge in [0.05, 0.1) is 22.7 Å². The number of sulfonamides is 1. The molecule has 10 heteroatoms. The van der Waals surface area contributed by atoms with Crippen LogP contribution in [0, 0.1) is 6.92 Å². The second kappa shape index (κ2) is 7.72. The van der Waals surface area contributed by atoms with Crippen molar-refractivity contribution in [3.63, 3.8) is 0 Å². The third kappa shape index (κ3) is 4.57. The summed E-state index contributed by atoms with van der Waals surface area (Å²) in [5, 5.41) is 4.43. The maximum atomic E-state index is 12.6. The summed E-state index contributed by atoms with van der Waals surface area (Å²) in [5.74, 6) is 0. The van der Waals surface area contributed by atoms with Crippen molar-refractivity contribution in [2.24, 2.45) is 0 Å². The van der Waals surface area contributed by atoms with Crippen molar-refractivity contribution < 1.29 is 21.6 Å². The number of aryl methyl sites for hydroxylation is 1. The van der Waals surface area contributed by atoms with Crippen molar-refractivity contribution in [3.05, 3.63) is 66.1 Å². The van der Waals surface area contributed by atoms with Crippen LogP contribution < -0.4 is 4.72 Å². The summed E-state index contributed by atoms with van der Waals surface area (Å²) in [6.07, 6.45) is -1.18. The van der Waals surface area contributed by atoms with Gasteiger partial charge in [0.2, 0.25) is 10.0 Å². The molecule has 0 unspecified atom stereocenters. The molecule has 3 rings (SSSR count). The molecule has 0 aliphatic heterocycles. The predicted molar refractivity (Wildman–Crippen MR) is 96.8 cm³/mol. The maximum Gasteiger partial charge on any atom is 0.416 e. The smallest absolute Gasteiger partial charge is 0.268 e. The largest absolute Gasteiger partial charge is 0.416 e. The van der Waals surface area contributed by atoms with Gasteiger partial charge in [-0.05, 0) is 49.4 Å². The highest BCUT2D eigenvalue weighted by Gasteiger charge is 2.30. The van der Waals surface area contributed by atoms with Gasteiger partial charge < -0.3 is 0 Å². The molecule has 1 aromatic carbocycles. The molecule has 0 spiro atoms. The van der Waals surface area contributed by atoms with E-state index in [0.29, 0.717) is 0 Å². The fourth-order valence-corrected chi connectivity index (χ4v) is 3.61. The first-order valence-electron chi connectivity index (χ1n) is 8.28. The summed E-state index contributed by atoms with van der Waals surface area (Å²) in [6, 6.07) is 8.88. The van der Waals surface area contributed by atoms with Crippen LogP contribution in [0.25, 0.3) is 11.3 Å². The van der Waals surface area contributed by atoms with Crippen molar-refractivity contribution in [2.75, 3.05) is 6.54 Å². The van der Waals surface area contributed by atoms with Crippen LogP contribution in [0.4, 0.5) is 13.2 Å². The van der Waals surface area contributed by atoms with Gasteiger partial charge in [0.1, 0.15) is 0 Å². The number of halogens is 3. The van der Waals surface area contributed by atoms with Crippen LogP contribution in [0.1, 0.15) is 11.3 Å². The number of aromatic nitrogens is 3. The van der Waals surface area contributed by atoms with E-state index in [2.05, 4.69) is 14.8 Å². The lowest BCUT2D eigenvalue weighted by molar-refractivity contribution is -0.137. The summed E-state index contributed by atoms with van der Waals surface area (Å²) in [4.78, 5) is 3.81. The molecule has 0 amide bonds. The number of benzene rings is 1. The minimum Gasteiger partial charge on any atom is -0.268 e. The molecule has 0 saturated heterocycles. The van der Waals surface area contributed by atoms with E-state index >= 15 is 0 Å². The maximum absolute atomic E-state index is 12.6. The fourth-order valence-electron chi connectivity index (χ4n) is 2.58. The van der Waals surface area contributed by atoms with E-state index in [1.165, 1.54) is 0 Å². The van der Waals surface area contributed by atoms with Crippen molar-refractivity contribution in [1.29, 1.82) is 0 Å². The lowest BCUT2D eigenvalue weighted by Gasteiger charge is -2.10. The molecule has 0 bridgehead atoms. The number of nitrogens with one attached hydrogen (secondary N) is 1. The molecule has 0 aliphatic rings. The number of hydrogen-bond donors (Lipinski definition) is 1. The highest BCUT2D eigenvalue weighted by molar-refractivity contribution is 7.89. The fraction of sp³-hybridized carbons (Fsp3) is 0.222. The monoisotopic (exact) mass is 410 g/mol. The molecule has 0 radical (unpaired) electrons. The van der Waals surface area contributed by atoms with Gasteiger partial charge in [-0.1, -0.05) is 0 Å². The Bertz CT molecular complexity index is 1050. The van der Waals surface area contributed by atoms with Gasteiger partial charge in [-0.3, -0.25) is 9.67 Å². The topological polar surface area (TPSA) is 76.9 Å². The summed E-state index contributed by atoms with van der Waals surface area (Å²) >= 11 is 0. The molecule has 0 aliphatic carbocycles. The van der Waals surface area contributed by atoms with E-state index in [1.807, 2.05) is 19.1 Å². The lowest BCUT2D eigenvalue weighted by Crippen LogP contribution is -2.28. The van der Waals surface area contributed by atoms with E-state index in [9.17, 15) is 21.6 Å². The molecule has 28 heavy (non-hydrogen) atoms. The zero-order chi connectivity index (χ0) is 20.4. The summed E-state index contributed by atoms with van der Waals surface area (Å²) in [6.45, 7) is 2.15. The lowest BCUT2D eigenvalue weighted by atomic mass is 10.2. The minimum absolute atomic E-state index is 0.0400. The van der Waals surface area contributed by atoms with Gasteiger partial charge in [-0.15, -0.1) is 0 Å². The summed E-state index contributed by atoms with van der Waals surface area (Å²) < 4.78 is 66.3. The molecule has 6 nitrogen and oxygen atoms in total. The standard InChI is InChI=1S/C18H17F3N4O2S/c1-13-11-17(14-3-2-8-22-12-14)24-25(13)10-9-23-28(26,27)16-6-4-15(5-7-16)18(19,20)21/h2-8,11-12,23H,9-10H2,1H3. The Morgan fingerprint density at radius 2 is 1.86 bits per heavy atom. The molecule has 1 N–H and O–H groups in total. The van der Waals surface area contributed by atoms with Crippen LogP contribution in [0.2, 0.25) is 0 Å². The highest BCUT2D eigenvalue weighted by Crippen LogP contribution is 2.29. The van der Waals surface area contributed by atoms with Crippen molar-refractivity contribution >= 4 is 10.0 Å². The van der Waals surface area contributed by atoms with Crippen molar-refractivity contribution in [2.45, 2.75) is 24.5 Å². The number of nitrogens with zero attached hydrogens (tertiary/aromatic N) is 3. The Balaban J connectivity index is 1.65. The van der Waals surface area contributed by atoms with Crippen molar-refractivity contribution in [3.8, 4) is 11.3 Å². The Labute approximate surface area is 160 Å². The molecular formula is C18H17F3N4O2S. The number of rotatable bonds is 6.